The Morgan fingerprint density at radius 2 is 1.60 bits per heavy atom. The van der Waals surface area contributed by atoms with Gasteiger partial charge in [0.15, 0.2) is 6.29 Å². The van der Waals surface area contributed by atoms with Gasteiger partial charge < -0.3 is 25.2 Å². The fourth-order valence-corrected chi connectivity index (χ4v) is 0.791. The van der Waals surface area contributed by atoms with E-state index in [0.29, 0.717) is 0 Å². The van der Waals surface area contributed by atoms with Gasteiger partial charge in [-0.15, -0.1) is 0 Å². The average Bonchev–Trinajstić information content (AvgIpc) is 1.93. The second-order valence-corrected chi connectivity index (χ2v) is 2.27. The van der Waals surface area contributed by atoms with Crippen molar-refractivity contribution in [1.82, 2.24) is 0 Å². The van der Waals surface area contributed by atoms with Crippen LogP contribution in [0.1, 0.15) is 0 Å². The second-order valence-electron chi connectivity index (χ2n) is 2.27. The average molecular weight is 150 g/mol. The Bertz CT molecular complexity index is 103. The molecule has 5 nitrogen and oxygen atoms in total. The van der Waals surface area contributed by atoms with E-state index in [1.807, 2.05) is 0 Å². The lowest BCUT2D eigenvalue weighted by Gasteiger charge is -2.31. The van der Waals surface area contributed by atoms with Gasteiger partial charge in [-0.25, -0.2) is 0 Å². The molecule has 0 saturated carbocycles. The van der Waals surface area contributed by atoms with E-state index in [9.17, 15) is 0 Å². The van der Waals surface area contributed by atoms with Crippen molar-refractivity contribution < 1.29 is 25.2 Å². The summed E-state index contributed by atoms with van der Waals surface area (Å²) in [5.41, 5.74) is 0. The number of aliphatic hydroxyl groups excluding tert-OH is 4. The summed E-state index contributed by atoms with van der Waals surface area (Å²) in [6, 6.07) is 0. The number of ether oxygens (including phenoxy) is 1. The largest absolute Gasteiger partial charge is 0.388 e. The van der Waals surface area contributed by atoms with Crippen LogP contribution in [0.5, 0.6) is 0 Å². The molecule has 1 heterocycles. The maximum atomic E-state index is 8.88. The maximum Gasteiger partial charge on any atom is 0.183 e. The molecule has 0 aliphatic carbocycles. The fraction of sp³-hybridized carbons (Fsp3) is 1.00. The Kier molecular flexibility index (Phi) is 2.22. The summed E-state index contributed by atoms with van der Waals surface area (Å²) in [5.74, 6) is 0. The van der Waals surface area contributed by atoms with E-state index in [1.165, 1.54) is 0 Å². The van der Waals surface area contributed by atoms with Crippen molar-refractivity contribution >= 4 is 0 Å². The number of rotatable bonds is 0. The summed E-state index contributed by atoms with van der Waals surface area (Å²) in [6.07, 6.45) is -5.23. The van der Waals surface area contributed by atoms with E-state index >= 15 is 0 Å². The van der Waals surface area contributed by atoms with Gasteiger partial charge in [0, 0.05) is 0 Å². The van der Waals surface area contributed by atoms with Crippen LogP contribution in [0.4, 0.5) is 0 Å². The smallest absolute Gasteiger partial charge is 0.183 e. The zero-order valence-electron chi connectivity index (χ0n) is 5.21. The van der Waals surface area contributed by atoms with Crippen molar-refractivity contribution in [3.05, 3.63) is 0 Å². The van der Waals surface area contributed by atoms with Crippen LogP contribution in [0.2, 0.25) is 0 Å². The van der Waals surface area contributed by atoms with Gasteiger partial charge in [-0.2, -0.15) is 0 Å². The number of hydrogen-bond donors (Lipinski definition) is 4. The molecule has 0 amide bonds. The molecule has 4 atom stereocenters. The van der Waals surface area contributed by atoms with Crippen molar-refractivity contribution in [3.8, 4) is 0 Å². The Morgan fingerprint density at radius 1 is 1.00 bits per heavy atom. The van der Waals surface area contributed by atoms with Crippen LogP contribution in [0.3, 0.4) is 0 Å². The van der Waals surface area contributed by atoms with Crippen LogP contribution in [0, 0.1) is 0 Å². The van der Waals surface area contributed by atoms with Crippen molar-refractivity contribution in [3.63, 3.8) is 0 Å². The van der Waals surface area contributed by atoms with Crippen LogP contribution >= 0.6 is 0 Å². The van der Waals surface area contributed by atoms with Crippen LogP contribution in [-0.4, -0.2) is 51.6 Å². The normalized spacial score (nSPS) is 49.2. The topological polar surface area (TPSA) is 90.2 Å². The predicted octanol–water partition coefficient (Wildman–Crippen LogP) is -2.58. The van der Waals surface area contributed by atoms with Gasteiger partial charge in [-0.3, -0.25) is 0 Å². The van der Waals surface area contributed by atoms with Crippen LogP contribution in [0.25, 0.3) is 0 Å². The first-order valence-electron chi connectivity index (χ1n) is 2.97. The van der Waals surface area contributed by atoms with Crippen molar-refractivity contribution in [2.45, 2.75) is 24.6 Å². The predicted molar refractivity (Wildman–Crippen MR) is 30.0 cm³/mol. The summed E-state index contributed by atoms with van der Waals surface area (Å²) >= 11 is 0. The molecule has 10 heavy (non-hydrogen) atoms. The molecular weight excluding hydrogens is 140 g/mol. The van der Waals surface area contributed by atoms with Gasteiger partial charge >= 0.3 is 0 Å². The Morgan fingerprint density at radius 3 is 2.10 bits per heavy atom. The molecule has 1 rings (SSSR count). The third-order valence-corrected chi connectivity index (χ3v) is 1.47. The minimum absolute atomic E-state index is 0.153. The highest BCUT2D eigenvalue weighted by Gasteiger charge is 2.36. The molecule has 1 aliphatic rings. The molecule has 0 aromatic carbocycles. The highest BCUT2D eigenvalue weighted by molar-refractivity contribution is 4.81. The van der Waals surface area contributed by atoms with E-state index < -0.39 is 24.6 Å². The molecule has 1 saturated heterocycles. The lowest BCUT2D eigenvalue weighted by Crippen LogP contribution is -2.52. The molecule has 0 aromatic heterocycles. The molecular formula is C5H10O5. The quantitative estimate of drug-likeness (QED) is 0.304. The molecule has 1 fully saturated rings. The molecule has 4 N–H and O–H groups in total. The van der Waals surface area contributed by atoms with Gasteiger partial charge in [0.2, 0.25) is 0 Å². The SMILES string of the molecule is O[C@@H]1[C@H](O)[C@@H](O)OC[C@H]1O. The van der Waals surface area contributed by atoms with Gasteiger partial charge in [0.25, 0.3) is 0 Å². The molecule has 0 unspecified atom stereocenters. The summed E-state index contributed by atoms with van der Waals surface area (Å²) in [5, 5.41) is 35.3. The molecule has 0 radical (unpaired) electrons. The summed E-state index contributed by atoms with van der Waals surface area (Å²) in [7, 11) is 0. The number of aliphatic hydroxyl groups is 4. The molecule has 0 spiro atoms. The minimum atomic E-state index is -1.41. The lowest BCUT2D eigenvalue weighted by molar-refractivity contribution is -0.252. The first-order valence-corrected chi connectivity index (χ1v) is 2.97. The first-order chi connectivity index (χ1) is 4.63. The Labute approximate surface area is 57.5 Å². The molecule has 60 valence electrons. The highest BCUT2D eigenvalue weighted by atomic mass is 16.6. The number of hydrogen-bond acceptors (Lipinski definition) is 5. The van der Waals surface area contributed by atoms with Crippen molar-refractivity contribution in [1.29, 1.82) is 0 Å². The fourth-order valence-electron chi connectivity index (χ4n) is 0.791. The van der Waals surface area contributed by atoms with Crippen LogP contribution < -0.4 is 0 Å². The van der Waals surface area contributed by atoms with Gasteiger partial charge in [-0.1, -0.05) is 0 Å². The van der Waals surface area contributed by atoms with E-state index in [2.05, 4.69) is 4.74 Å². The van der Waals surface area contributed by atoms with Gasteiger partial charge in [0.1, 0.15) is 18.3 Å². The molecule has 0 bridgehead atoms. The molecule has 5 heteroatoms. The zero-order chi connectivity index (χ0) is 7.72. The lowest BCUT2D eigenvalue weighted by atomic mass is 10.1. The maximum absolute atomic E-state index is 8.88. The summed E-state index contributed by atoms with van der Waals surface area (Å²) in [6.45, 7) is -0.153. The summed E-state index contributed by atoms with van der Waals surface area (Å²) < 4.78 is 4.47. The second kappa shape index (κ2) is 2.81. The van der Waals surface area contributed by atoms with Crippen LogP contribution in [-0.2, 0) is 4.74 Å². The van der Waals surface area contributed by atoms with E-state index in [4.69, 9.17) is 20.4 Å². The van der Waals surface area contributed by atoms with Crippen molar-refractivity contribution in [2.24, 2.45) is 0 Å². The molecule has 0 aromatic rings. The van der Waals surface area contributed by atoms with E-state index in [0.717, 1.165) is 0 Å². The van der Waals surface area contributed by atoms with Crippen LogP contribution in [0.15, 0.2) is 0 Å². The third-order valence-electron chi connectivity index (χ3n) is 1.47. The van der Waals surface area contributed by atoms with E-state index in [-0.39, 0.29) is 6.61 Å². The standard InChI is InChI=1S/C5H10O5/c6-2-1-10-5(9)4(8)3(2)7/h2-9H,1H2/t2-,3+,4+,5+/m1/s1. The molecule has 1 aliphatic heterocycles. The third kappa shape index (κ3) is 1.28. The minimum Gasteiger partial charge on any atom is -0.388 e. The van der Waals surface area contributed by atoms with E-state index in [1.54, 1.807) is 0 Å². The monoisotopic (exact) mass is 150 g/mol. The zero-order valence-corrected chi connectivity index (χ0v) is 5.21. The first kappa shape index (κ1) is 7.90. The Balaban J connectivity index is 2.52. The summed E-state index contributed by atoms with van der Waals surface area (Å²) in [4.78, 5) is 0. The highest BCUT2D eigenvalue weighted by Crippen LogP contribution is 2.12. The van der Waals surface area contributed by atoms with Crippen molar-refractivity contribution in [2.75, 3.05) is 6.61 Å². The van der Waals surface area contributed by atoms with Gasteiger partial charge in [0.05, 0.1) is 6.61 Å². The Hall–Kier alpha value is -0.200. The van der Waals surface area contributed by atoms with Gasteiger partial charge in [-0.05, 0) is 0 Å².